The lowest BCUT2D eigenvalue weighted by Crippen LogP contribution is -2.32. The number of carbonyl (C=O) groups is 2. The van der Waals surface area contributed by atoms with Crippen molar-refractivity contribution >= 4 is 39.2 Å². The molecule has 7 heteroatoms. The van der Waals surface area contributed by atoms with Crippen molar-refractivity contribution in [2.75, 3.05) is 11.9 Å². The highest BCUT2D eigenvalue weighted by Gasteiger charge is 2.08. The van der Waals surface area contributed by atoms with Gasteiger partial charge >= 0.3 is 0 Å². The molecule has 0 heterocycles. The normalized spacial score (nSPS) is 9.76. The molecule has 0 atom stereocenters. The van der Waals surface area contributed by atoms with Crippen LogP contribution in [0.25, 0.3) is 0 Å². The minimum Gasteiger partial charge on any atom is -0.343 e. The van der Waals surface area contributed by atoms with Crippen LogP contribution >= 0.6 is 21.7 Å². The van der Waals surface area contributed by atoms with Crippen LogP contribution in [0.2, 0.25) is 0 Å². The minimum atomic E-state index is -0.441. The van der Waals surface area contributed by atoms with Gasteiger partial charge in [-0.05, 0) is 77.1 Å². The van der Waals surface area contributed by atoms with Gasteiger partial charge in [0, 0.05) is 16.1 Å². The van der Waals surface area contributed by atoms with Crippen LogP contribution in [0.3, 0.4) is 0 Å². The second-order valence-electron chi connectivity index (χ2n) is 5.99. The number of aryl methyl sites for hydroxylation is 1. The summed E-state index contributed by atoms with van der Waals surface area (Å²) in [6.07, 6.45) is 0. The van der Waals surface area contributed by atoms with Crippen LogP contribution in [-0.4, -0.2) is 18.4 Å². The van der Waals surface area contributed by atoms with Crippen LogP contribution in [0.4, 0.5) is 10.1 Å². The van der Waals surface area contributed by atoms with Crippen molar-refractivity contribution in [2.45, 2.75) is 11.8 Å². The molecule has 0 aliphatic carbocycles. The zero-order valence-corrected chi connectivity index (χ0v) is 17.3. The smallest absolute Gasteiger partial charge is 0.251 e. The summed E-state index contributed by atoms with van der Waals surface area (Å²) in [7, 11) is 6.68. The van der Waals surface area contributed by atoms with Gasteiger partial charge in [-0.25, -0.2) is 4.39 Å². The third-order valence-electron chi connectivity index (χ3n) is 3.68. The molecule has 0 fully saturated rings. The molecule has 150 valence electrons. The van der Waals surface area contributed by atoms with Crippen molar-refractivity contribution in [3.63, 3.8) is 0 Å². The Bertz CT molecular complexity index is 920. The zero-order valence-electron chi connectivity index (χ0n) is 15.7. The maximum Gasteiger partial charge on any atom is 0.251 e. The number of halogens is 2. The molecule has 4 nitrogen and oxygen atoms in total. The summed E-state index contributed by atoms with van der Waals surface area (Å²) in [5, 5.41) is 5.11. The van der Waals surface area contributed by atoms with E-state index >= 15 is 0 Å². The first-order chi connectivity index (χ1) is 14.0. The van der Waals surface area contributed by atoms with Gasteiger partial charge in [-0.3, -0.25) is 9.59 Å². The maximum atomic E-state index is 12.8. The van der Waals surface area contributed by atoms with E-state index in [4.69, 9.17) is 10.7 Å². The number of carbonyl (C=O) groups excluding carboxylic acids is 2. The SMILES string of the molecule is Cc1ccccc1.O=C(CNC(=O)c1ccc(F)cc1)Nc1ccc(SCl)cc1. The number of anilines is 1. The van der Waals surface area contributed by atoms with E-state index in [0.29, 0.717) is 5.69 Å². The second kappa shape index (κ2) is 11.9. The van der Waals surface area contributed by atoms with Crippen LogP contribution in [0.1, 0.15) is 15.9 Å². The van der Waals surface area contributed by atoms with Gasteiger partial charge in [0.1, 0.15) is 5.82 Å². The highest BCUT2D eigenvalue weighted by molar-refractivity contribution is 8.21. The van der Waals surface area contributed by atoms with Gasteiger partial charge in [-0.1, -0.05) is 35.9 Å². The lowest BCUT2D eigenvalue weighted by Gasteiger charge is -2.07. The fraction of sp³-hybridized carbons (Fsp3) is 0.0909. The average molecular weight is 431 g/mol. The third-order valence-corrected chi connectivity index (χ3v) is 4.67. The summed E-state index contributed by atoms with van der Waals surface area (Å²) in [5.74, 6) is -1.22. The van der Waals surface area contributed by atoms with Crippen molar-refractivity contribution < 1.29 is 14.0 Å². The van der Waals surface area contributed by atoms with Crippen molar-refractivity contribution in [1.29, 1.82) is 0 Å². The van der Waals surface area contributed by atoms with E-state index in [2.05, 4.69) is 29.7 Å². The average Bonchev–Trinajstić information content (AvgIpc) is 2.74. The van der Waals surface area contributed by atoms with Crippen LogP contribution < -0.4 is 10.6 Å². The quantitative estimate of drug-likeness (QED) is 0.567. The molecule has 0 aliphatic heterocycles. The molecular formula is C22H20ClFN2O2S. The highest BCUT2D eigenvalue weighted by Crippen LogP contribution is 2.23. The Hall–Kier alpha value is -2.83. The Morgan fingerprint density at radius 2 is 1.55 bits per heavy atom. The lowest BCUT2D eigenvalue weighted by atomic mass is 10.2. The monoisotopic (exact) mass is 430 g/mol. The fourth-order valence-electron chi connectivity index (χ4n) is 2.19. The molecule has 0 radical (unpaired) electrons. The molecular weight excluding hydrogens is 411 g/mol. The Kier molecular flexibility index (Phi) is 9.21. The number of hydrogen-bond acceptors (Lipinski definition) is 3. The van der Waals surface area contributed by atoms with Gasteiger partial charge in [0.05, 0.1) is 6.54 Å². The molecule has 2 N–H and O–H groups in total. The lowest BCUT2D eigenvalue weighted by molar-refractivity contribution is -0.115. The van der Waals surface area contributed by atoms with E-state index in [9.17, 15) is 14.0 Å². The molecule has 0 unspecified atom stereocenters. The summed E-state index contributed by atoms with van der Waals surface area (Å²) >= 11 is 0. The van der Waals surface area contributed by atoms with Gasteiger partial charge in [0.15, 0.2) is 0 Å². The third kappa shape index (κ3) is 8.37. The van der Waals surface area contributed by atoms with Crippen LogP contribution in [0.5, 0.6) is 0 Å². The Balaban J connectivity index is 0.000000360. The summed E-state index contributed by atoms with van der Waals surface area (Å²) < 4.78 is 12.8. The Labute approximate surface area is 178 Å². The van der Waals surface area contributed by atoms with E-state index in [0.717, 1.165) is 15.9 Å². The predicted octanol–water partition coefficient (Wildman–Crippen LogP) is 5.44. The van der Waals surface area contributed by atoms with E-state index in [1.165, 1.54) is 29.8 Å². The molecule has 3 rings (SSSR count). The first-order valence-electron chi connectivity index (χ1n) is 8.72. The highest BCUT2D eigenvalue weighted by atomic mass is 35.7. The molecule has 2 amide bonds. The maximum absolute atomic E-state index is 12.8. The molecule has 0 saturated carbocycles. The topological polar surface area (TPSA) is 58.2 Å². The van der Waals surface area contributed by atoms with Crippen molar-refractivity contribution in [3.05, 3.63) is 95.8 Å². The standard InChI is InChI=1S/C15H12ClFN2O2S.C7H8/c16-22-13-7-5-12(6-8-13)19-14(20)9-18-15(21)10-1-3-11(17)4-2-10;1-7-5-3-2-4-6-7/h1-8H,9H2,(H,18,21)(H,19,20);2-6H,1H3. The number of amides is 2. The Morgan fingerprint density at radius 1 is 0.931 bits per heavy atom. The van der Waals surface area contributed by atoms with E-state index < -0.39 is 11.7 Å². The number of hydrogen-bond donors (Lipinski definition) is 2. The minimum absolute atomic E-state index is 0.178. The molecule has 0 spiro atoms. The zero-order chi connectivity index (χ0) is 21.1. The molecule has 29 heavy (non-hydrogen) atoms. The van der Waals surface area contributed by atoms with Gasteiger partial charge in [0.2, 0.25) is 5.91 Å². The van der Waals surface area contributed by atoms with Crippen LogP contribution in [0, 0.1) is 12.7 Å². The largest absolute Gasteiger partial charge is 0.343 e. The molecule has 0 bridgehead atoms. The van der Waals surface area contributed by atoms with E-state index in [1.807, 2.05) is 18.2 Å². The number of rotatable bonds is 5. The van der Waals surface area contributed by atoms with Gasteiger partial charge in [-0.2, -0.15) is 0 Å². The Morgan fingerprint density at radius 3 is 2.07 bits per heavy atom. The molecule has 0 aliphatic rings. The molecule has 3 aromatic rings. The fourth-order valence-corrected chi connectivity index (χ4v) is 2.74. The van der Waals surface area contributed by atoms with E-state index in [-0.39, 0.29) is 18.0 Å². The second-order valence-corrected chi connectivity index (χ2v) is 7.08. The van der Waals surface area contributed by atoms with Crippen molar-refractivity contribution in [2.24, 2.45) is 0 Å². The van der Waals surface area contributed by atoms with Gasteiger partial charge < -0.3 is 10.6 Å². The number of benzene rings is 3. The summed E-state index contributed by atoms with van der Waals surface area (Å²) in [6.45, 7) is 1.90. The first-order valence-corrected chi connectivity index (χ1v) is 10.4. The molecule has 0 saturated heterocycles. The first kappa shape index (κ1) is 22.5. The van der Waals surface area contributed by atoms with Crippen LogP contribution in [-0.2, 0) is 4.79 Å². The summed E-state index contributed by atoms with van der Waals surface area (Å²) in [4.78, 5) is 24.4. The molecule has 3 aromatic carbocycles. The van der Waals surface area contributed by atoms with Crippen molar-refractivity contribution in [1.82, 2.24) is 5.32 Å². The van der Waals surface area contributed by atoms with Crippen LogP contribution in [0.15, 0.2) is 83.8 Å². The van der Waals surface area contributed by atoms with Gasteiger partial charge in [0.25, 0.3) is 5.91 Å². The summed E-state index contributed by atoms with van der Waals surface area (Å²) in [6, 6.07) is 22.3. The van der Waals surface area contributed by atoms with E-state index in [1.54, 1.807) is 24.3 Å². The van der Waals surface area contributed by atoms with Gasteiger partial charge in [-0.15, -0.1) is 0 Å². The number of nitrogens with one attached hydrogen (secondary N) is 2. The van der Waals surface area contributed by atoms with Crippen molar-refractivity contribution in [3.8, 4) is 0 Å². The predicted molar refractivity (Wildman–Crippen MR) is 117 cm³/mol. The molecule has 0 aromatic heterocycles. The summed E-state index contributed by atoms with van der Waals surface area (Å²) in [5.41, 5.74) is 2.22.